The van der Waals surface area contributed by atoms with E-state index in [0.29, 0.717) is 5.92 Å². The maximum Gasteiger partial charge on any atom is 0.224 e. The second kappa shape index (κ2) is 6.79. The van der Waals surface area contributed by atoms with Gasteiger partial charge in [0, 0.05) is 39.9 Å². The largest absolute Gasteiger partial charge is 0.363 e. The second-order valence-corrected chi connectivity index (χ2v) is 8.51. The third-order valence-electron chi connectivity index (χ3n) is 5.42. The first kappa shape index (κ1) is 17.7. The maximum absolute atomic E-state index is 14.0. The van der Waals surface area contributed by atoms with Gasteiger partial charge in [0.15, 0.2) is 0 Å². The maximum atomic E-state index is 14.0. The van der Waals surface area contributed by atoms with E-state index in [4.69, 9.17) is 0 Å². The SMILES string of the molecule is CC(=O)N1c2ccc(F)cc2C(Nc2ccc(I)cn2)C(C)C1C1CC1. The highest BCUT2D eigenvalue weighted by Gasteiger charge is 2.47. The number of hydrogen-bond acceptors (Lipinski definition) is 3. The Morgan fingerprint density at radius 1 is 1.31 bits per heavy atom. The van der Waals surface area contributed by atoms with Crippen LogP contribution < -0.4 is 10.2 Å². The Kier molecular flexibility index (Phi) is 4.62. The van der Waals surface area contributed by atoms with Crippen LogP contribution in [-0.4, -0.2) is 16.9 Å². The number of pyridine rings is 1. The molecule has 2 aromatic rings. The van der Waals surface area contributed by atoms with Crippen molar-refractivity contribution in [2.24, 2.45) is 11.8 Å². The number of halogens is 2. The minimum atomic E-state index is -0.285. The Morgan fingerprint density at radius 3 is 2.69 bits per heavy atom. The molecule has 1 fully saturated rings. The number of hydrogen-bond donors (Lipinski definition) is 1. The van der Waals surface area contributed by atoms with Crippen LogP contribution in [-0.2, 0) is 4.79 Å². The molecule has 1 aliphatic heterocycles. The molecule has 0 saturated heterocycles. The molecule has 0 bridgehead atoms. The number of nitrogens with zero attached hydrogens (tertiary/aromatic N) is 2. The van der Waals surface area contributed by atoms with Crippen LogP contribution in [0.4, 0.5) is 15.9 Å². The highest BCUT2D eigenvalue weighted by atomic mass is 127. The van der Waals surface area contributed by atoms with Gasteiger partial charge in [-0.15, -0.1) is 0 Å². The zero-order chi connectivity index (χ0) is 18.4. The van der Waals surface area contributed by atoms with E-state index in [1.54, 1.807) is 19.1 Å². The fourth-order valence-electron chi connectivity index (χ4n) is 4.16. The van der Waals surface area contributed by atoms with Crippen LogP contribution in [0.25, 0.3) is 0 Å². The van der Waals surface area contributed by atoms with Crippen LogP contribution in [0.1, 0.15) is 38.3 Å². The van der Waals surface area contributed by atoms with Gasteiger partial charge in [-0.3, -0.25) is 4.79 Å². The first-order valence-corrected chi connectivity index (χ1v) is 10.0. The van der Waals surface area contributed by atoms with Crippen LogP contribution in [0.5, 0.6) is 0 Å². The topological polar surface area (TPSA) is 45.2 Å². The van der Waals surface area contributed by atoms with E-state index in [-0.39, 0.29) is 29.7 Å². The summed E-state index contributed by atoms with van der Waals surface area (Å²) >= 11 is 2.22. The Balaban J connectivity index is 1.79. The summed E-state index contributed by atoms with van der Waals surface area (Å²) in [6.07, 6.45) is 4.09. The third kappa shape index (κ3) is 3.19. The quantitative estimate of drug-likeness (QED) is 0.666. The average Bonchev–Trinajstić information content (AvgIpc) is 3.43. The van der Waals surface area contributed by atoms with Crippen molar-refractivity contribution in [2.45, 2.75) is 38.8 Å². The number of carbonyl (C=O) groups excluding carboxylic acids is 1. The minimum Gasteiger partial charge on any atom is -0.363 e. The molecular weight excluding hydrogens is 444 g/mol. The number of anilines is 2. The van der Waals surface area contributed by atoms with Gasteiger partial charge in [0.05, 0.1) is 6.04 Å². The summed E-state index contributed by atoms with van der Waals surface area (Å²) < 4.78 is 15.1. The van der Waals surface area contributed by atoms with Gasteiger partial charge in [-0.2, -0.15) is 0 Å². The van der Waals surface area contributed by atoms with E-state index in [9.17, 15) is 9.18 Å². The van der Waals surface area contributed by atoms with E-state index in [1.165, 1.54) is 6.07 Å². The van der Waals surface area contributed by atoms with Crippen LogP contribution >= 0.6 is 22.6 Å². The van der Waals surface area contributed by atoms with Crippen molar-refractivity contribution in [1.82, 2.24) is 4.98 Å². The van der Waals surface area contributed by atoms with E-state index >= 15 is 0 Å². The standard InChI is InChI=1S/C20H21FIN3O/c1-11-19(24-18-8-6-15(22)10-23-18)16-9-14(21)5-7-17(16)25(12(2)26)20(11)13-3-4-13/h5-11,13,19-20H,3-4H2,1-2H3,(H,23,24). The number of benzene rings is 1. The van der Waals surface area contributed by atoms with Gasteiger partial charge in [-0.25, -0.2) is 9.37 Å². The summed E-state index contributed by atoms with van der Waals surface area (Å²) in [6, 6.07) is 8.71. The number of aromatic nitrogens is 1. The molecule has 3 atom stereocenters. The first-order valence-electron chi connectivity index (χ1n) is 8.93. The van der Waals surface area contributed by atoms with E-state index in [2.05, 4.69) is 39.8 Å². The smallest absolute Gasteiger partial charge is 0.224 e. The van der Waals surface area contributed by atoms with Gasteiger partial charge >= 0.3 is 0 Å². The van der Waals surface area contributed by atoms with Gasteiger partial charge in [0.25, 0.3) is 0 Å². The molecule has 4 rings (SSSR count). The number of rotatable bonds is 3. The van der Waals surface area contributed by atoms with Crippen LogP contribution in [0.15, 0.2) is 36.5 Å². The van der Waals surface area contributed by atoms with E-state index < -0.39 is 0 Å². The van der Waals surface area contributed by atoms with Crippen LogP contribution in [0.2, 0.25) is 0 Å². The summed E-state index contributed by atoms with van der Waals surface area (Å²) in [6.45, 7) is 3.75. The average molecular weight is 465 g/mol. The summed E-state index contributed by atoms with van der Waals surface area (Å²) in [5.74, 6) is 1.17. The number of amides is 1. The zero-order valence-corrected chi connectivity index (χ0v) is 16.9. The molecule has 2 heterocycles. The Hall–Kier alpha value is -1.70. The number of nitrogens with one attached hydrogen (secondary N) is 1. The van der Waals surface area contributed by atoms with Gasteiger partial charge in [-0.1, -0.05) is 6.92 Å². The molecule has 1 aliphatic carbocycles. The fourth-order valence-corrected chi connectivity index (χ4v) is 4.48. The lowest BCUT2D eigenvalue weighted by Crippen LogP contribution is -2.51. The van der Waals surface area contributed by atoms with Crippen molar-refractivity contribution >= 4 is 40.0 Å². The number of fused-ring (bicyclic) bond motifs is 1. The molecule has 1 saturated carbocycles. The van der Waals surface area contributed by atoms with Crippen molar-refractivity contribution in [3.05, 3.63) is 51.5 Å². The van der Waals surface area contributed by atoms with Crippen molar-refractivity contribution < 1.29 is 9.18 Å². The normalized spacial score (nSPS) is 24.9. The minimum absolute atomic E-state index is 0.0208. The summed E-state index contributed by atoms with van der Waals surface area (Å²) in [5, 5.41) is 3.49. The summed E-state index contributed by atoms with van der Waals surface area (Å²) in [7, 11) is 0. The lowest BCUT2D eigenvalue weighted by atomic mass is 9.80. The van der Waals surface area contributed by atoms with Crippen molar-refractivity contribution in [3.63, 3.8) is 0 Å². The van der Waals surface area contributed by atoms with Gasteiger partial charge < -0.3 is 10.2 Å². The predicted molar refractivity (Wildman–Crippen MR) is 109 cm³/mol. The molecule has 6 heteroatoms. The molecule has 0 spiro atoms. The fraction of sp³-hybridized carbons (Fsp3) is 0.400. The van der Waals surface area contributed by atoms with Crippen molar-refractivity contribution in [2.75, 3.05) is 10.2 Å². The molecule has 1 amide bonds. The summed E-state index contributed by atoms with van der Waals surface area (Å²) in [5.41, 5.74) is 1.64. The molecule has 3 unspecified atom stereocenters. The Labute approximate surface area is 166 Å². The zero-order valence-electron chi connectivity index (χ0n) is 14.7. The third-order valence-corrected chi connectivity index (χ3v) is 6.06. The molecule has 26 heavy (non-hydrogen) atoms. The molecule has 4 nitrogen and oxygen atoms in total. The van der Waals surface area contributed by atoms with Gasteiger partial charge in [0.2, 0.25) is 5.91 Å². The molecule has 2 aliphatic rings. The molecule has 1 aromatic heterocycles. The molecule has 1 aromatic carbocycles. The number of carbonyl (C=O) groups is 1. The van der Waals surface area contributed by atoms with Crippen LogP contribution in [0.3, 0.4) is 0 Å². The van der Waals surface area contributed by atoms with E-state index in [0.717, 1.165) is 33.5 Å². The second-order valence-electron chi connectivity index (χ2n) is 7.26. The first-order chi connectivity index (χ1) is 12.5. The van der Waals surface area contributed by atoms with E-state index in [1.807, 2.05) is 23.2 Å². The highest BCUT2D eigenvalue weighted by Crippen LogP contribution is 2.50. The van der Waals surface area contributed by atoms with Crippen molar-refractivity contribution in [3.8, 4) is 0 Å². The molecule has 0 radical (unpaired) electrons. The lowest BCUT2D eigenvalue weighted by molar-refractivity contribution is -0.117. The van der Waals surface area contributed by atoms with Gasteiger partial charge in [-0.05, 0) is 71.7 Å². The predicted octanol–water partition coefficient (Wildman–Crippen LogP) is 4.76. The molecular formula is C20H21FIN3O. The monoisotopic (exact) mass is 465 g/mol. The Morgan fingerprint density at radius 2 is 2.08 bits per heavy atom. The van der Waals surface area contributed by atoms with Gasteiger partial charge in [0.1, 0.15) is 11.6 Å². The summed E-state index contributed by atoms with van der Waals surface area (Å²) in [4.78, 5) is 18.8. The lowest BCUT2D eigenvalue weighted by Gasteiger charge is -2.45. The highest BCUT2D eigenvalue weighted by molar-refractivity contribution is 14.1. The molecule has 1 N–H and O–H groups in total. The molecule has 136 valence electrons. The van der Waals surface area contributed by atoms with Crippen molar-refractivity contribution in [1.29, 1.82) is 0 Å². The van der Waals surface area contributed by atoms with Crippen LogP contribution in [0, 0.1) is 21.2 Å². The Bertz CT molecular complexity index is 837.